The van der Waals surface area contributed by atoms with E-state index in [4.69, 9.17) is 26.7 Å². The van der Waals surface area contributed by atoms with Crippen LogP contribution in [0.5, 0.6) is 0 Å². The van der Waals surface area contributed by atoms with Gasteiger partial charge in [-0.3, -0.25) is 4.79 Å². The van der Waals surface area contributed by atoms with Crippen molar-refractivity contribution in [2.45, 2.75) is 39.7 Å². The Morgan fingerprint density at radius 2 is 1.58 bits per heavy atom. The van der Waals surface area contributed by atoms with Crippen LogP contribution in [0.2, 0.25) is 5.02 Å². The van der Waals surface area contributed by atoms with Crippen molar-refractivity contribution in [2.75, 3.05) is 38.1 Å². The zero-order chi connectivity index (χ0) is 32.3. The van der Waals surface area contributed by atoms with Crippen molar-refractivity contribution in [1.29, 1.82) is 0 Å². The molecule has 0 unspecified atom stereocenters. The number of aryl methyl sites for hydroxylation is 1. The summed E-state index contributed by atoms with van der Waals surface area (Å²) < 4.78 is 0.975. The molecule has 1 fully saturated rings. The quantitative estimate of drug-likeness (QED) is 0.195. The highest BCUT2D eigenvalue weighted by Gasteiger charge is 2.20. The molecule has 7 nitrogen and oxygen atoms in total. The largest absolute Gasteiger partial charge is 0.481 e. The van der Waals surface area contributed by atoms with E-state index >= 15 is 0 Å². The number of aromatic nitrogens is 2. The third kappa shape index (κ3) is 8.27. The van der Waals surface area contributed by atoms with Gasteiger partial charge in [-0.25, -0.2) is 9.97 Å². The van der Waals surface area contributed by atoms with E-state index in [0.717, 1.165) is 86.2 Å². The molecule has 1 aliphatic rings. The van der Waals surface area contributed by atoms with Gasteiger partial charge in [-0.2, -0.15) is 0 Å². The normalized spacial score (nSPS) is 13.9. The maximum Gasteiger partial charge on any atom is 0.307 e. The van der Waals surface area contributed by atoms with Crippen LogP contribution in [0.25, 0.3) is 43.0 Å². The fourth-order valence-electron chi connectivity index (χ4n) is 5.27. The summed E-state index contributed by atoms with van der Waals surface area (Å²) in [6, 6.07) is 22.2. The molecule has 5 aromatic rings. The molecule has 0 atom stereocenters. The number of carbonyl (C=O) groups is 1. The van der Waals surface area contributed by atoms with E-state index in [-0.39, 0.29) is 6.42 Å². The van der Waals surface area contributed by atoms with Gasteiger partial charge in [-0.15, -0.1) is 11.3 Å². The van der Waals surface area contributed by atoms with Gasteiger partial charge in [0, 0.05) is 54.1 Å². The number of aliphatic hydroxyl groups is 1. The van der Waals surface area contributed by atoms with Gasteiger partial charge < -0.3 is 20.0 Å². The Hall–Kier alpha value is -3.82. The first-order valence-electron chi connectivity index (χ1n) is 15.0. The Bertz CT molecular complexity index is 1780. The van der Waals surface area contributed by atoms with Crippen LogP contribution in [-0.4, -0.2) is 69.9 Å². The lowest BCUT2D eigenvalue weighted by atomic mass is 9.93. The lowest BCUT2D eigenvalue weighted by molar-refractivity contribution is -0.136. The van der Waals surface area contributed by atoms with E-state index in [1.54, 1.807) is 32.1 Å². The van der Waals surface area contributed by atoms with E-state index in [1.165, 1.54) is 0 Å². The van der Waals surface area contributed by atoms with E-state index in [1.807, 2.05) is 49.5 Å². The van der Waals surface area contributed by atoms with Crippen molar-refractivity contribution in [2.24, 2.45) is 0 Å². The summed E-state index contributed by atoms with van der Waals surface area (Å²) in [6.07, 6.45) is 1.89. The Labute approximate surface area is 273 Å². The highest BCUT2D eigenvalue weighted by Crippen LogP contribution is 2.41. The van der Waals surface area contributed by atoms with Crippen molar-refractivity contribution in [3.05, 3.63) is 89.1 Å². The van der Waals surface area contributed by atoms with Crippen molar-refractivity contribution >= 4 is 44.9 Å². The molecule has 3 aromatic carbocycles. The summed E-state index contributed by atoms with van der Waals surface area (Å²) in [5.74, 6) is 0.156. The minimum absolute atomic E-state index is 0.0560. The molecule has 0 radical (unpaired) electrons. The third-order valence-electron chi connectivity index (χ3n) is 7.49. The lowest BCUT2D eigenvalue weighted by Gasteiger charge is -2.33. The molecule has 6 rings (SSSR count). The maximum atomic E-state index is 11.8. The molecule has 1 aliphatic heterocycles. The zero-order valence-corrected chi connectivity index (χ0v) is 27.9. The summed E-state index contributed by atoms with van der Waals surface area (Å²) in [5.41, 5.74) is 7.08. The minimum atomic E-state index is -0.859. The van der Waals surface area contributed by atoms with Crippen LogP contribution in [0.1, 0.15) is 31.9 Å². The minimum Gasteiger partial charge on any atom is -0.481 e. The first kappa shape index (κ1) is 32.6. The highest BCUT2D eigenvalue weighted by molar-refractivity contribution is 7.22. The molecule has 9 heteroatoms. The van der Waals surface area contributed by atoms with Gasteiger partial charge in [0.2, 0.25) is 0 Å². The molecule has 2 N–H and O–H groups in total. The molecular weight excluding hydrogens is 604 g/mol. The van der Waals surface area contributed by atoms with Crippen molar-refractivity contribution in [3.8, 4) is 32.8 Å². The third-order valence-corrected chi connectivity index (χ3v) is 8.88. The second-order valence-corrected chi connectivity index (χ2v) is 13.9. The van der Waals surface area contributed by atoms with Crippen LogP contribution in [0.15, 0.2) is 72.9 Å². The van der Waals surface area contributed by atoms with Crippen LogP contribution in [-0.2, 0) is 11.2 Å². The molecule has 0 spiro atoms. The number of piperazine rings is 1. The van der Waals surface area contributed by atoms with Crippen LogP contribution >= 0.6 is 22.9 Å². The van der Waals surface area contributed by atoms with E-state index in [9.17, 15) is 9.90 Å². The smallest absolute Gasteiger partial charge is 0.307 e. The Morgan fingerprint density at radius 1 is 0.933 bits per heavy atom. The Kier molecular flexibility index (Phi) is 9.89. The van der Waals surface area contributed by atoms with Gasteiger partial charge in [0.25, 0.3) is 0 Å². The number of carboxylic acid groups (broad SMARTS) is 1. The number of pyridine rings is 1. The first-order valence-corrected chi connectivity index (χ1v) is 16.2. The van der Waals surface area contributed by atoms with Crippen LogP contribution in [0, 0.1) is 6.92 Å². The number of anilines is 1. The monoisotopic (exact) mass is 642 g/mol. The summed E-state index contributed by atoms with van der Waals surface area (Å²) in [4.78, 5) is 26.2. The predicted molar refractivity (Wildman–Crippen MR) is 186 cm³/mol. The number of halogens is 1. The van der Waals surface area contributed by atoms with E-state index in [0.29, 0.717) is 5.02 Å². The summed E-state index contributed by atoms with van der Waals surface area (Å²) in [5, 5.41) is 19.7. The Morgan fingerprint density at radius 3 is 2.20 bits per heavy atom. The number of hydrogen-bond donors (Lipinski definition) is 2. The number of benzene rings is 3. The summed E-state index contributed by atoms with van der Waals surface area (Å²) in [6.45, 7) is 11.3. The lowest BCUT2D eigenvalue weighted by Crippen LogP contribution is -2.44. The highest BCUT2D eigenvalue weighted by atomic mass is 35.5. The number of likely N-dealkylation sites (N-methyl/N-ethyl adjacent to an activating group) is 1. The standard InChI is InChI=1S/C32H29ClN4O2S.C4H10O/c1-20-16-27-31(30(26(20)18-29(38)39)21-6-9-25(33)10-7-21)40-32(35-27)23-5-3-4-22(17-23)24-8-11-28(34-19-24)37-14-12-36(2)13-15-37;1-4(2,3)5/h3-11,16-17,19H,12-15,18H2,1-2H3,(H,38,39);5H,1-3H3. The van der Waals surface area contributed by atoms with Crippen molar-refractivity contribution in [1.82, 2.24) is 14.9 Å². The fraction of sp³-hybridized carbons (Fsp3) is 0.306. The molecule has 0 amide bonds. The van der Waals surface area contributed by atoms with Crippen LogP contribution < -0.4 is 4.90 Å². The van der Waals surface area contributed by atoms with Gasteiger partial charge >= 0.3 is 5.97 Å². The van der Waals surface area contributed by atoms with Crippen LogP contribution in [0.3, 0.4) is 0 Å². The van der Waals surface area contributed by atoms with Gasteiger partial charge in [0.1, 0.15) is 10.8 Å². The van der Waals surface area contributed by atoms with E-state index < -0.39 is 11.6 Å². The maximum absolute atomic E-state index is 11.8. The van der Waals surface area contributed by atoms with Gasteiger partial charge in [0.05, 0.1) is 22.2 Å². The van der Waals surface area contributed by atoms with Crippen molar-refractivity contribution < 1.29 is 15.0 Å². The van der Waals surface area contributed by atoms with Gasteiger partial charge in [-0.05, 0) is 93.4 Å². The number of nitrogens with zero attached hydrogens (tertiary/aromatic N) is 4. The molecule has 1 saturated heterocycles. The second-order valence-electron chi connectivity index (χ2n) is 12.4. The molecular formula is C36H39ClN4O3S. The summed E-state index contributed by atoms with van der Waals surface area (Å²) >= 11 is 7.75. The number of thiazole rings is 1. The predicted octanol–water partition coefficient (Wildman–Crippen LogP) is 7.81. The second kappa shape index (κ2) is 13.7. The molecule has 0 aliphatic carbocycles. The average Bonchev–Trinajstić information content (AvgIpc) is 3.41. The topological polar surface area (TPSA) is 89.8 Å². The molecule has 45 heavy (non-hydrogen) atoms. The fourth-order valence-corrected chi connectivity index (χ4v) is 6.53. The number of aliphatic carboxylic acids is 1. The molecule has 0 saturated carbocycles. The zero-order valence-electron chi connectivity index (χ0n) is 26.3. The first-order chi connectivity index (χ1) is 21.4. The Balaban J connectivity index is 0.000000743. The van der Waals surface area contributed by atoms with Gasteiger partial charge in [0.15, 0.2) is 0 Å². The summed E-state index contributed by atoms with van der Waals surface area (Å²) in [7, 11) is 2.15. The van der Waals surface area contributed by atoms with Gasteiger partial charge in [-0.1, -0.05) is 41.9 Å². The van der Waals surface area contributed by atoms with E-state index in [2.05, 4.69) is 47.2 Å². The van der Waals surface area contributed by atoms with Crippen molar-refractivity contribution in [3.63, 3.8) is 0 Å². The number of carboxylic acids is 1. The number of fused-ring (bicyclic) bond motifs is 1. The molecule has 2 aromatic heterocycles. The molecule has 0 bridgehead atoms. The number of rotatable bonds is 6. The SMILES string of the molecule is CC(C)(C)O.Cc1cc2nc(-c3cccc(-c4ccc(N5CCN(C)CC5)nc4)c3)sc2c(-c2ccc(Cl)cc2)c1CC(=O)O. The average molecular weight is 643 g/mol. The number of hydrogen-bond acceptors (Lipinski definition) is 7. The molecule has 3 heterocycles. The van der Waals surface area contributed by atoms with Crippen LogP contribution in [0.4, 0.5) is 5.82 Å². The molecule has 234 valence electrons.